The minimum atomic E-state index is -0.372. The molecule has 3 aromatic rings. The van der Waals surface area contributed by atoms with Gasteiger partial charge in [0.2, 0.25) is 0 Å². The van der Waals surface area contributed by atoms with E-state index in [1.165, 1.54) is 0 Å². The molecule has 4 heterocycles. The van der Waals surface area contributed by atoms with Crippen molar-refractivity contribution < 1.29 is 14.3 Å². The number of aryl methyl sites for hydroxylation is 3. The second-order valence-corrected chi connectivity index (χ2v) is 7.67. The maximum Gasteiger partial charge on any atom is 0.341 e. The third-order valence-electron chi connectivity index (χ3n) is 4.79. The average molecular weight is 401 g/mol. The monoisotopic (exact) mass is 401 g/mol. The number of anilines is 1. The number of morpholine rings is 1. The molecule has 0 spiro atoms. The zero-order valence-electron chi connectivity index (χ0n) is 16.4. The Balaban J connectivity index is 1.81. The van der Waals surface area contributed by atoms with Crippen molar-refractivity contribution in [2.24, 2.45) is 7.05 Å². The summed E-state index contributed by atoms with van der Waals surface area (Å²) in [7, 11) is 1.86. The number of nitrogens with zero attached hydrogens (tertiary/aromatic N) is 5. The summed E-state index contributed by atoms with van der Waals surface area (Å²) in [6, 6.07) is 0. The Hall–Kier alpha value is -2.52. The summed E-state index contributed by atoms with van der Waals surface area (Å²) in [5.74, 6) is -0.372. The van der Waals surface area contributed by atoms with Gasteiger partial charge in [0.25, 0.3) is 0 Å². The predicted octanol–water partition coefficient (Wildman–Crippen LogP) is 2.80. The fourth-order valence-electron chi connectivity index (χ4n) is 3.60. The number of aromatic nitrogens is 4. The lowest BCUT2D eigenvalue weighted by molar-refractivity contribution is 0.0391. The molecule has 1 saturated heterocycles. The Bertz CT molecular complexity index is 1030. The molecule has 1 aliphatic heterocycles. The van der Waals surface area contributed by atoms with Gasteiger partial charge < -0.3 is 14.4 Å². The van der Waals surface area contributed by atoms with Crippen molar-refractivity contribution in [3.63, 3.8) is 0 Å². The van der Waals surface area contributed by atoms with E-state index in [0.29, 0.717) is 31.9 Å². The third-order valence-corrected chi connectivity index (χ3v) is 5.84. The Labute approximate surface area is 167 Å². The number of ether oxygens (including phenoxy) is 2. The molecular weight excluding hydrogens is 378 g/mol. The first kappa shape index (κ1) is 18.8. The van der Waals surface area contributed by atoms with E-state index in [-0.39, 0.29) is 12.1 Å². The van der Waals surface area contributed by atoms with Crippen LogP contribution in [-0.4, -0.2) is 52.0 Å². The summed E-state index contributed by atoms with van der Waals surface area (Å²) in [4.78, 5) is 23.9. The molecule has 0 bridgehead atoms. The van der Waals surface area contributed by atoms with Gasteiger partial charge in [-0.3, -0.25) is 4.68 Å². The molecule has 148 valence electrons. The third kappa shape index (κ3) is 3.24. The van der Waals surface area contributed by atoms with Crippen LogP contribution in [-0.2, 0) is 16.5 Å². The maximum absolute atomic E-state index is 12.7. The molecule has 0 aliphatic carbocycles. The highest BCUT2D eigenvalue weighted by Crippen LogP contribution is 2.36. The van der Waals surface area contributed by atoms with E-state index in [2.05, 4.69) is 20.0 Å². The van der Waals surface area contributed by atoms with Crippen LogP contribution in [0.4, 0.5) is 5.69 Å². The number of thiazole rings is 1. The Morgan fingerprint density at radius 2 is 2.25 bits per heavy atom. The van der Waals surface area contributed by atoms with E-state index in [4.69, 9.17) is 9.47 Å². The van der Waals surface area contributed by atoms with Gasteiger partial charge in [-0.15, -0.1) is 11.3 Å². The molecule has 0 radical (unpaired) electrons. The van der Waals surface area contributed by atoms with Gasteiger partial charge >= 0.3 is 5.97 Å². The minimum absolute atomic E-state index is 0.136. The molecule has 9 heteroatoms. The second kappa shape index (κ2) is 7.48. The quantitative estimate of drug-likeness (QED) is 0.622. The molecule has 1 fully saturated rings. The Morgan fingerprint density at radius 1 is 1.43 bits per heavy atom. The van der Waals surface area contributed by atoms with Crippen LogP contribution in [0.5, 0.6) is 0 Å². The van der Waals surface area contributed by atoms with E-state index in [1.807, 2.05) is 26.3 Å². The summed E-state index contributed by atoms with van der Waals surface area (Å²) in [6.07, 6.45) is 1.46. The fourth-order valence-corrected chi connectivity index (χ4v) is 4.44. The standard InChI is InChI=1S/C19H23N5O3S/c1-5-26-19(25)13-8-20-17-15(12(3)22-23(17)4)16(13)24-6-7-27-14(9-24)18-21-11(2)10-28-18/h8,10,14H,5-7,9H2,1-4H3. The van der Waals surface area contributed by atoms with Crippen LogP contribution in [0.1, 0.15) is 39.8 Å². The molecule has 28 heavy (non-hydrogen) atoms. The number of fused-ring (bicyclic) bond motifs is 1. The lowest BCUT2D eigenvalue weighted by Crippen LogP contribution is -2.39. The first-order valence-electron chi connectivity index (χ1n) is 9.27. The van der Waals surface area contributed by atoms with E-state index in [9.17, 15) is 4.79 Å². The molecule has 1 aliphatic rings. The molecule has 8 nitrogen and oxygen atoms in total. The highest BCUT2D eigenvalue weighted by molar-refractivity contribution is 7.09. The van der Waals surface area contributed by atoms with Gasteiger partial charge in [0.05, 0.1) is 36.5 Å². The number of carbonyl (C=O) groups is 1. The number of hydrogen-bond donors (Lipinski definition) is 0. The number of rotatable bonds is 4. The first-order valence-corrected chi connectivity index (χ1v) is 10.2. The van der Waals surface area contributed by atoms with Crippen LogP contribution in [0.15, 0.2) is 11.6 Å². The molecule has 0 saturated carbocycles. The maximum atomic E-state index is 12.7. The summed E-state index contributed by atoms with van der Waals surface area (Å²) in [5.41, 5.74) is 3.84. The van der Waals surface area contributed by atoms with Gasteiger partial charge in [-0.05, 0) is 20.8 Å². The molecule has 1 atom stereocenters. The summed E-state index contributed by atoms with van der Waals surface area (Å²) < 4.78 is 13.0. The lowest BCUT2D eigenvalue weighted by atomic mass is 10.1. The van der Waals surface area contributed by atoms with Crippen molar-refractivity contribution in [2.75, 3.05) is 31.2 Å². The zero-order valence-corrected chi connectivity index (χ0v) is 17.2. The lowest BCUT2D eigenvalue weighted by Gasteiger charge is -2.34. The summed E-state index contributed by atoms with van der Waals surface area (Å²) in [6.45, 7) is 7.85. The van der Waals surface area contributed by atoms with Gasteiger partial charge in [0.15, 0.2) is 5.65 Å². The van der Waals surface area contributed by atoms with Crippen molar-refractivity contribution in [2.45, 2.75) is 26.9 Å². The predicted molar refractivity (Wildman–Crippen MR) is 107 cm³/mol. The number of hydrogen-bond acceptors (Lipinski definition) is 8. The average Bonchev–Trinajstić information content (AvgIpc) is 3.25. The molecular formula is C19H23N5O3S. The molecule has 3 aromatic heterocycles. The van der Waals surface area contributed by atoms with Crippen LogP contribution < -0.4 is 4.90 Å². The van der Waals surface area contributed by atoms with Crippen molar-refractivity contribution in [3.8, 4) is 0 Å². The van der Waals surface area contributed by atoms with Gasteiger partial charge in [-0.1, -0.05) is 0 Å². The first-order chi connectivity index (χ1) is 13.5. The largest absolute Gasteiger partial charge is 0.462 e. The van der Waals surface area contributed by atoms with E-state index in [1.54, 1.807) is 29.1 Å². The van der Waals surface area contributed by atoms with E-state index < -0.39 is 0 Å². The van der Waals surface area contributed by atoms with Gasteiger partial charge in [0, 0.05) is 30.9 Å². The van der Waals surface area contributed by atoms with E-state index in [0.717, 1.165) is 33.1 Å². The van der Waals surface area contributed by atoms with Gasteiger partial charge in [-0.25, -0.2) is 14.8 Å². The molecule has 0 amide bonds. The fraction of sp³-hybridized carbons (Fsp3) is 0.474. The highest BCUT2D eigenvalue weighted by atomic mass is 32.1. The second-order valence-electron chi connectivity index (χ2n) is 6.78. The van der Waals surface area contributed by atoms with Crippen LogP contribution in [0.2, 0.25) is 0 Å². The van der Waals surface area contributed by atoms with Crippen LogP contribution >= 0.6 is 11.3 Å². The Morgan fingerprint density at radius 3 is 2.96 bits per heavy atom. The van der Waals surface area contributed by atoms with Crippen molar-refractivity contribution >= 4 is 34.0 Å². The van der Waals surface area contributed by atoms with E-state index >= 15 is 0 Å². The molecule has 1 unspecified atom stereocenters. The Kier molecular flexibility index (Phi) is 5.03. The summed E-state index contributed by atoms with van der Waals surface area (Å²) in [5, 5.41) is 8.36. The highest BCUT2D eigenvalue weighted by Gasteiger charge is 2.30. The van der Waals surface area contributed by atoms with Crippen LogP contribution in [0, 0.1) is 13.8 Å². The number of pyridine rings is 1. The molecule has 0 aromatic carbocycles. The SMILES string of the molecule is CCOC(=O)c1cnc2c(c(C)nn2C)c1N1CCOC(c2nc(C)cs2)C1. The summed E-state index contributed by atoms with van der Waals surface area (Å²) >= 11 is 1.60. The van der Waals surface area contributed by atoms with Gasteiger partial charge in [-0.2, -0.15) is 5.10 Å². The number of carbonyl (C=O) groups excluding carboxylic acids is 1. The smallest absolute Gasteiger partial charge is 0.341 e. The van der Waals surface area contributed by atoms with Crippen molar-refractivity contribution in [1.82, 2.24) is 19.7 Å². The zero-order chi connectivity index (χ0) is 19.8. The molecule has 0 N–H and O–H groups in total. The van der Waals surface area contributed by atoms with Crippen molar-refractivity contribution in [3.05, 3.63) is 33.5 Å². The van der Waals surface area contributed by atoms with Gasteiger partial charge in [0.1, 0.15) is 16.7 Å². The normalized spacial score (nSPS) is 17.3. The van der Waals surface area contributed by atoms with Crippen LogP contribution in [0.25, 0.3) is 11.0 Å². The molecule has 4 rings (SSSR count). The minimum Gasteiger partial charge on any atom is -0.462 e. The number of esters is 1. The topological polar surface area (TPSA) is 82.4 Å². The van der Waals surface area contributed by atoms with Crippen LogP contribution in [0.3, 0.4) is 0 Å². The van der Waals surface area contributed by atoms with Crippen molar-refractivity contribution in [1.29, 1.82) is 0 Å².